The van der Waals surface area contributed by atoms with E-state index >= 15 is 0 Å². The molecule has 0 fully saturated rings. The quantitative estimate of drug-likeness (QED) is 0.475. The minimum absolute atomic E-state index is 0.289. The van der Waals surface area contributed by atoms with Crippen LogP contribution in [0.25, 0.3) is 0 Å². The third kappa shape index (κ3) is 14.4. The second-order valence-corrected chi connectivity index (χ2v) is 8.73. The van der Waals surface area contributed by atoms with E-state index in [2.05, 4.69) is 58.6 Å². The number of hydrogen-bond donors (Lipinski definition) is 0. The molecule has 0 aromatic heterocycles. The van der Waals surface area contributed by atoms with Crippen LogP contribution in [0, 0.1) is 0 Å². The highest BCUT2D eigenvalue weighted by molar-refractivity contribution is 7.45. The van der Waals surface area contributed by atoms with Crippen molar-refractivity contribution in [1.82, 2.24) is 0 Å². The Bertz CT molecular complexity index is 279. The lowest BCUT2D eigenvalue weighted by Gasteiger charge is -2.14. The van der Waals surface area contributed by atoms with Crippen LogP contribution in [0.15, 0.2) is 33.8 Å². The van der Waals surface area contributed by atoms with Gasteiger partial charge in [0.1, 0.15) is 0 Å². The van der Waals surface area contributed by atoms with Gasteiger partial charge in [-0.05, 0) is 41.5 Å². The minimum atomic E-state index is -1.25. The Labute approximate surface area is 126 Å². The molecule has 0 heterocycles. The normalized spacial score (nSPS) is 10.3. The van der Waals surface area contributed by atoms with Crippen molar-refractivity contribution in [1.29, 1.82) is 0 Å². The fraction of sp³-hybridized carbons (Fsp3) is 0.500. The van der Waals surface area contributed by atoms with Gasteiger partial charge in [0.2, 0.25) is 0 Å². The molecule has 7 heteroatoms. The standard InChI is InChI=1S/C12H21O3PSi3/c1-10(2)7-17-13-16(14-18-8-11(3)4)15-19-9-12(5)6/h7-9H,1-6H3. The predicted octanol–water partition coefficient (Wildman–Crippen LogP) is 3.89. The lowest BCUT2D eigenvalue weighted by atomic mass is 10.4. The Morgan fingerprint density at radius 3 is 1.11 bits per heavy atom. The van der Waals surface area contributed by atoms with E-state index in [9.17, 15) is 0 Å². The summed E-state index contributed by atoms with van der Waals surface area (Å²) in [5.74, 6) is 0. The molecule has 0 aliphatic heterocycles. The van der Waals surface area contributed by atoms with Crippen LogP contribution in [-0.2, 0) is 12.6 Å². The summed E-state index contributed by atoms with van der Waals surface area (Å²) in [5, 5.41) is 0. The van der Waals surface area contributed by atoms with Crippen molar-refractivity contribution in [2.75, 3.05) is 0 Å². The van der Waals surface area contributed by atoms with Crippen LogP contribution >= 0.6 is 8.60 Å². The minimum Gasteiger partial charge on any atom is -0.351 e. The van der Waals surface area contributed by atoms with Crippen molar-refractivity contribution in [3.8, 4) is 0 Å². The average molecular weight is 329 g/mol. The van der Waals surface area contributed by atoms with Gasteiger partial charge in [0.25, 0.3) is 37.9 Å². The molecule has 0 aromatic rings. The van der Waals surface area contributed by atoms with Gasteiger partial charge in [0, 0.05) is 0 Å². The molecular weight excluding hydrogens is 307 g/mol. The van der Waals surface area contributed by atoms with Crippen LogP contribution in [0.1, 0.15) is 41.5 Å². The largest absolute Gasteiger partial charge is 0.351 e. The maximum atomic E-state index is 5.64. The van der Waals surface area contributed by atoms with E-state index in [0.717, 1.165) is 0 Å². The Morgan fingerprint density at radius 2 is 0.895 bits per heavy atom. The zero-order chi connectivity index (χ0) is 14.7. The number of hydrogen-bond acceptors (Lipinski definition) is 3. The van der Waals surface area contributed by atoms with E-state index in [1.807, 2.05) is 0 Å². The Kier molecular flexibility index (Phi) is 12.1. The highest BCUT2D eigenvalue weighted by Gasteiger charge is 2.11. The van der Waals surface area contributed by atoms with Gasteiger partial charge in [-0.25, -0.2) is 0 Å². The van der Waals surface area contributed by atoms with Gasteiger partial charge in [-0.1, -0.05) is 33.8 Å². The predicted molar refractivity (Wildman–Crippen MR) is 85.7 cm³/mol. The van der Waals surface area contributed by atoms with Crippen molar-refractivity contribution in [3.05, 3.63) is 33.8 Å². The average Bonchev–Trinajstić information content (AvgIpc) is 2.26. The molecule has 6 radical (unpaired) electrons. The van der Waals surface area contributed by atoms with Crippen LogP contribution in [-0.4, -0.2) is 29.3 Å². The zero-order valence-corrected chi connectivity index (χ0v) is 16.3. The first-order chi connectivity index (χ1) is 8.91. The summed E-state index contributed by atoms with van der Waals surface area (Å²) in [7, 11) is -0.383. The van der Waals surface area contributed by atoms with Crippen LogP contribution in [0.3, 0.4) is 0 Å². The lowest BCUT2D eigenvalue weighted by Crippen LogP contribution is -2.03. The van der Waals surface area contributed by atoms with Crippen molar-refractivity contribution in [3.63, 3.8) is 0 Å². The van der Waals surface area contributed by atoms with Crippen LogP contribution in [0.4, 0.5) is 0 Å². The first kappa shape index (κ1) is 19.2. The van der Waals surface area contributed by atoms with E-state index in [1.165, 1.54) is 16.7 Å². The van der Waals surface area contributed by atoms with Crippen molar-refractivity contribution < 1.29 is 12.6 Å². The monoisotopic (exact) mass is 328 g/mol. The van der Waals surface area contributed by atoms with Crippen LogP contribution in [0.5, 0.6) is 0 Å². The Hall–Kier alpha value is 0.181. The smallest absolute Gasteiger partial charge is 0.300 e. The van der Waals surface area contributed by atoms with Gasteiger partial charge < -0.3 is 12.6 Å². The van der Waals surface area contributed by atoms with Gasteiger partial charge in [-0.15, -0.1) is 0 Å². The molecule has 3 nitrogen and oxygen atoms in total. The fourth-order valence-electron chi connectivity index (χ4n) is 0.618. The van der Waals surface area contributed by atoms with Crippen molar-refractivity contribution in [2.24, 2.45) is 0 Å². The fourth-order valence-corrected chi connectivity index (χ4v) is 4.44. The molecule has 0 aromatic carbocycles. The topological polar surface area (TPSA) is 27.7 Å². The number of rotatable bonds is 9. The lowest BCUT2D eigenvalue weighted by molar-refractivity contribution is 0.424. The summed E-state index contributed by atoms with van der Waals surface area (Å²) in [4.78, 5) is 0. The summed E-state index contributed by atoms with van der Waals surface area (Å²) in [6, 6.07) is 0. The Balaban J connectivity index is 4.17. The summed E-state index contributed by atoms with van der Waals surface area (Å²) in [5.41, 5.74) is 9.88. The zero-order valence-electron chi connectivity index (χ0n) is 12.4. The molecule has 0 rings (SSSR count). The second kappa shape index (κ2) is 12.0. The molecule has 104 valence electrons. The van der Waals surface area contributed by atoms with E-state index in [-0.39, 0.29) is 29.3 Å². The molecule has 0 amide bonds. The molecule has 0 unspecified atom stereocenters. The van der Waals surface area contributed by atoms with Gasteiger partial charge in [0.15, 0.2) is 0 Å². The van der Waals surface area contributed by atoms with Crippen molar-refractivity contribution in [2.45, 2.75) is 41.5 Å². The summed E-state index contributed by atoms with van der Waals surface area (Å²) < 4.78 is 16.9. The maximum absolute atomic E-state index is 5.64. The third-order valence-corrected chi connectivity index (χ3v) is 6.56. The van der Waals surface area contributed by atoms with E-state index in [0.29, 0.717) is 0 Å². The van der Waals surface area contributed by atoms with Gasteiger partial charge in [-0.3, -0.25) is 0 Å². The summed E-state index contributed by atoms with van der Waals surface area (Å²) >= 11 is 0. The van der Waals surface area contributed by atoms with E-state index in [1.54, 1.807) is 0 Å². The molecule has 19 heavy (non-hydrogen) atoms. The third-order valence-electron chi connectivity index (χ3n) is 1.42. The molecular formula is C12H21O3PSi3. The first-order valence-electron chi connectivity index (χ1n) is 5.89. The van der Waals surface area contributed by atoms with Gasteiger partial charge in [0.05, 0.1) is 0 Å². The van der Waals surface area contributed by atoms with E-state index in [4.69, 9.17) is 12.6 Å². The molecule has 0 spiro atoms. The van der Waals surface area contributed by atoms with Gasteiger partial charge >= 0.3 is 0 Å². The molecule has 0 saturated carbocycles. The molecule has 0 N–H and O–H groups in total. The number of allylic oxidation sites excluding steroid dienone is 3. The maximum Gasteiger partial charge on any atom is 0.300 e. The summed E-state index contributed by atoms with van der Waals surface area (Å²) in [6.45, 7) is 12.3. The van der Waals surface area contributed by atoms with Crippen molar-refractivity contribution >= 4 is 37.9 Å². The first-order valence-corrected chi connectivity index (χ1v) is 9.94. The molecule has 0 aliphatic rings. The molecule has 0 saturated heterocycles. The summed E-state index contributed by atoms with van der Waals surface area (Å²) in [6.07, 6.45) is 0. The SMILES string of the molecule is CC(C)=C[Si]OP(O[Si]C=C(C)C)O[Si]C=C(C)C. The highest BCUT2D eigenvalue weighted by Crippen LogP contribution is 2.38. The molecule has 0 atom stereocenters. The molecule has 0 aliphatic carbocycles. The Morgan fingerprint density at radius 1 is 0.632 bits per heavy atom. The van der Waals surface area contributed by atoms with Crippen LogP contribution < -0.4 is 0 Å². The van der Waals surface area contributed by atoms with Crippen LogP contribution in [0.2, 0.25) is 0 Å². The highest BCUT2D eigenvalue weighted by atomic mass is 31.2. The molecule has 0 bridgehead atoms. The van der Waals surface area contributed by atoms with E-state index < -0.39 is 8.60 Å². The van der Waals surface area contributed by atoms with Gasteiger partial charge in [-0.2, -0.15) is 0 Å². The second-order valence-electron chi connectivity index (χ2n) is 4.52.